The Hall–Kier alpha value is -2.15. The van der Waals surface area contributed by atoms with E-state index in [4.69, 9.17) is 21.1 Å². The maximum atomic E-state index is 10.7. The molecule has 6 nitrogen and oxygen atoms in total. The summed E-state index contributed by atoms with van der Waals surface area (Å²) < 4.78 is 11.5. The molecule has 1 aliphatic rings. The van der Waals surface area contributed by atoms with Crippen LogP contribution in [-0.2, 0) is 11.3 Å². The molecule has 1 saturated heterocycles. The molecule has 0 amide bonds. The molecule has 1 aliphatic heterocycles. The Balaban J connectivity index is 1.51. The maximum absolute atomic E-state index is 10.7. The molecule has 2 atom stereocenters. The third-order valence-corrected chi connectivity index (χ3v) is 4.58. The first-order chi connectivity index (χ1) is 12.1. The van der Waals surface area contributed by atoms with Crippen LogP contribution in [0.1, 0.15) is 5.56 Å². The van der Waals surface area contributed by atoms with Crippen LogP contribution in [0.2, 0.25) is 5.02 Å². The minimum atomic E-state index is -0.427. The molecule has 0 aliphatic carbocycles. The molecule has 2 aromatic rings. The van der Waals surface area contributed by atoms with E-state index in [2.05, 4.69) is 0 Å². The second-order valence-electron chi connectivity index (χ2n) is 6.03. The highest BCUT2D eigenvalue weighted by molar-refractivity contribution is 6.31. The second-order valence-corrected chi connectivity index (χ2v) is 6.43. The van der Waals surface area contributed by atoms with Crippen LogP contribution < -0.4 is 9.64 Å². The molecule has 1 heterocycles. The Labute approximate surface area is 151 Å². The van der Waals surface area contributed by atoms with Gasteiger partial charge in [0.05, 0.1) is 11.5 Å². The zero-order valence-electron chi connectivity index (χ0n) is 13.7. The molecule has 1 unspecified atom stereocenters. The number of nitro benzene ring substituents is 1. The van der Waals surface area contributed by atoms with E-state index >= 15 is 0 Å². The summed E-state index contributed by atoms with van der Waals surface area (Å²) in [6.07, 6.45) is -0.0126. The smallest absolute Gasteiger partial charge is 0.269 e. The zero-order chi connectivity index (χ0) is 17.6. The fourth-order valence-corrected chi connectivity index (χ4v) is 3.09. The molecule has 3 rings (SSSR count). The van der Waals surface area contributed by atoms with E-state index in [9.17, 15) is 10.1 Å². The van der Waals surface area contributed by atoms with Crippen molar-refractivity contribution in [2.75, 3.05) is 26.3 Å². The number of non-ortho nitro benzene ring substituents is 1. The number of benzene rings is 2. The lowest BCUT2D eigenvalue weighted by Gasteiger charge is -2.30. The molecule has 2 aromatic carbocycles. The molecule has 1 fully saturated rings. The van der Waals surface area contributed by atoms with Crippen molar-refractivity contribution in [1.82, 2.24) is 0 Å². The average Bonchev–Trinajstić information content (AvgIpc) is 2.63. The van der Waals surface area contributed by atoms with Gasteiger partial charge < -0.3 is 14.4 Å². The molecule has 1 N–H and O–H groups in total. The van der Waals surface area contributed by atoms with Gasteiger partial charge in [0.2, 0.25) is 0 Å². The molecule has 7 heteroatoms. The molecular weight excluding hydrogens is 344 g/mol. The van der Waals surface area contributed by atoms with Crippen molar-refractivity contribution in [2.45, 2.75) is 12.6 Å². The van der Waals surface area contributed by atoms with Gasteiger partial charge in [-0.15, -0.1) is 0 Å². The number of morpholine rings is 1. The first-order valence-corrected chi connectivity index (χ1v) is 8.55. The van der Waals surface area contributed by atoms with Crippen LogP contribution in [0.15, 0.2) is 48.5 Å². The normalized spacial score (nSPS) is 20.2. The van der Waals surface area contributed by atoms with Gasteiger partial charge in [0, 0.05) is 22.7 Å². The third-order valence-electron chi connectivity index (χ3n) is 4.21. The summed E-state index contributed by atoms with van der Waals surface area (Å²) in [5.74, 6) is 0.604. The van der Waals surface area contributed by atoms with Crippen LogP contribution in [0.3, 0.4) is 0 Å². The second kappa shape index (κ2) is 8.29. The van der Waals surface area contributed by atoms with E-state index in [-0.39, 0.29) is 11.8 Å². The summed E-state index contributed by atoms with van der Waals surface area (Å²) in [5.41, 5.74) is 1.19. The molecule has 0 saturated carbocycles. The molecule has 25 heavy (non-hydrogen) atoms. The predicted octanol–water partition coefficient (Wildman–Crippen LogP) is 2.11. The topological polar surface area (TPSA) is 66.0 Å². The van der Waals surface area contributed by atoms with E-state index in [1.807, 2.05) is 24.3 Å². The highest BCUT2D eigenvalue weighted by Crippen LogP contribution is 2.18. The predicted molar refractivity (Wildman–Crippen MR) is 94.2 cm³/mol. The standard InChI is InChI=1S/C18H19ClN2O4/c19-18-4-2-1-3-14(18)11-20-9-10-24-17(12-20)13-25-16-7-5-15(6-8-16)21(22)23/h1-8,17H,9-13H2/p+1/t17-/m1/s1. The highest BCUT2D eigenvalue weighted by atomic mass is 35.5. The summed E-state index contributed by atoms with van der Waals surface area (Å²) in [6.45, 7) is 3.71. The Kier molecular flexibility index (Phi) is 5.86. The van der Waals surface area contributed by atoms with Gasteiger partial charge in [-0.05, 0) is 18.2 Å². The fraction of sp³-hybridized carbons (Fsp3) is 0.333. The number of nitrogens with one attached hydrogen (secondary N) is 1. The zero-order valence-corrected chi connectivity index (χ0v) is 14.4. The minimum Gasteiger partial charge on any atom is -0.491 e. The van der Waals surface area contributed by atoms with Gasteiger partial charge in [0.15, 0.2) is 0 Å². The van der Waals surface area contributed by atoms with E-state index < -0.39 is 4.92 Å². The van der Waals surface area contributed by atoms with Crippen molar-refractivity contribution in [3.63, 3.8) is 0 Å². The summed E-state index contributed by atoms with van der Waals surface area (Å²) in [5, 5.41) is 11.5. The van der Waals surface area contributed by atoms with Crippen molar-refractivity contribution < 1.29 is 19.3 Å². The maximum Gasteiger partial charge on any atom is 0.269 e. The highest BCUT2D eigenvalue weighted by Gasteiger charge is 2.25. The van der Waals surface area contributed by atoms with Crippen LogP contribution in [0.5, 0.6) is 5.75 Å². The number of nitro groups is 1. The Morgan fingerprint density at radius 2 is 2.00 bits per heavy atom. The lowest BCUT2D eigenvalue weighted by Crippen LogP contribution is -3.13. The Morgan fingerprint density at radius 3 is 2.72 bits per heavy atom. The minimum absolute atomic E-state index is 0.0126. The number of quaternary nitrogens is 1. The number of ether oxygens (including phenoxy) is 2. The van der Waals surface area contributed by atoms with E-state index in [0.717, 1.165) is 30.2 Å². The first-order valence-electron chi connectivity index (χ1n) is 8.17. The Bertz CT molecular complexity index is 723. The van der Waals surface area contributed by atoms with E-state index in [0.29, 0.717) is 19.0 Å². The summed E-state index contributed by atoms with van der Waals surface area (Å²) >= 11 is 6.24. The quantitative estimate of drug-likeness (QED) is 0.630. The van der Waals surface area contributed by atoms with Crippen molar-refractivity contribution in [3.05, 3.63) is 69.2 Å². The molecule has 0 radical (unpaired) electrons. The van der Waals surface area contributed by atoms with Gasteiger partial charge in [0.1, 0.15) is 38.1 Å². The SMILES string of the molecule is O=[N+]([O-])c1ccc(OC[C@H]2C[NH+](Cc3ccccc3Cl)CCO2)cc1. The lowest BCUT2D eigenvalue weighted by atomic mass is 10.2. The number of nitrogens with zero attached hydrogens (tertiary/aromatic N) is 1. The number of rotatable bonds is 6. The van der Waals surface area contributed by atoms with Crippen LogP contribution >= 0.6 is 11.6 Å². The van der Waals surface area contributed by atoms with Gasteiger partial charge in [-0.1, -0.05) is 29.8 Å². The van der Waals surface area contributed by atoms with Crippen molar-refractivity contribution in [2.24, 2.45) is 0 Å². The molecule has 0 aromatic heterocycles. The van der Waals surface area contributed by atoms with Gasteiger partial charge in [-0.3, -0.25) is 10.1 Å². The van der Waals surface area contributed by atoms with Crippen LogP contribution in [0, 0.1) is 10.1 Å². The molecule has 0 bridgehead atoms. The fourth-order valence-electron chi connectivity index (χ4n) is 2.88. The summed E-state index contributed by atoms with van der Waals surface area (Å²) in [4.78, 5) is 11.6. The lowest BCUT2D eigenvalue weighted by molar-refractivity contribution is -0.925. The van der Waals surface area contributed by atoms with E-state index in [1.165, 1.54) is 17.0 Å². The largest absolute Gasteiger partial charge is 0.491 e. The average molecular weight is 364 g/mol. The van der Waals surface area contributed by atoms with Crippen LogP contribution in [0.25, 0.3) is 0 Å². The van der Waals surface area contributed by atoms with Gasteiger partial charge >= 0.3 is 0 Å². The van der Waals surface area contributed by atoms with Gasteiger partial charge in [-0.25, -0.2) is 0 Å². The monoisotopic (exact) mass is 363 g/mol. The van der Waals surface area contributed by atoms with E-state index in [1.54, 1.807) is 12.1 Å². The van der Waals surface area contributed by atoms with Gasteiger partial charge in [-0.2, -0.15) is 0 Å². The number of hydrogen-bond acceptors (Lipinski definition) is 4. The van der Waals surface area contributed by atoms with Crippen LogP contribution in [0.4, 0.5) is 5.69 Å². The number of hydrogen-bond donors (Lipinski definition) is 1. The third kappa shape index (κ3) is 4.92. The molecular formula is C18H20ClN2O4+. The summed E-state index contributed by atoms with van der Waals surface area (Å²) in [7, 11) is 0. The van der Waals surface area contributed by atoms with Crippen molar-refractivity contribution in [3.8, 4) is 5.75 Å². The summed E-state index contributed by atoms with van der Waals surface area (Å²) in [6, 6.07) is 14.0. The van der Waals surface area contributed by atoms with Crippen molar-refractivity contribution >= 4 is 17.3 Å². The van der Waals surface area contributed by atoms with Crippen molar-refractivity contribution in [1.29, 1.82) is 0 Å². The van der Waals surface area contributed by atoms with Gasteiger partial charge in [0.25, 0.3) is 5.69 Å². The Morgan fingerprint density at radius 1 is 1.24 bits per heavy atom. The number of halogens is 1. The first kappa shape index (κ1) is 17.7. The molecule has 132 valence electrons. The molecule has 0 spiro atoms. The van der Waals surface area contributed by atoms with Crippen LogP contribution in [-0.4, -0.2) is 37.3 Å².